The molecule has 2 aromatic rings. The molecule has 1 aromatic heterocycles. The average Bonchev–Trinajstić information content (AvgIpc) is 2.88. The highest BCUT2D eigenvalue weighted by Gasteiger charge is 2.11. The topological polar surface area (TPSA) is 33.0 Å². The van der Waals surface area contributed by atoms with Gasteiger partial charge in [-0.15, -0.1) is 11.3 Å². The first kappa shape index (κ1) is 11.8. The summed E-state index contributed by atoms with van der Waals surface area (Å²) in [7, 11) is 0. The van der Waals surface area contributed by atoms with Gasteiger partial charge in [-0.25, -0.2) is 0 Å². The lowest BCUT2D eigenvalue weighted by molar-refractivity contribution is 0.0444. The largest absolute Gasteiger partial charge is 0.367 e. The summed E-state index contributed by atoms with van der Waals surface area (Å²) in [4.78, 5) is 1.18. The van der Waals surface area contributed by atoms with Crippen LogP contribution in [0.15, 0.2) is 47.8 Å². The fraction of sp³-hybridized carbons (Fsp3) is 0.214. The number of thiophene rings is 1. The van der Waals surface area contributed by atoms with Crippen LogP contribution in [0.5, 0.6) is 0 Å². The Kier molecular flexibility index (Phi) is 4.31. The molecule has 0 fully saturated rings. The third kappa shape index (κ3) is 3.42. The van der Waals surface area contributed by atoms with Crippen LogP contribution in [-0.2, 0) is 11.3 Å². The Hall–Kier alpha value is -1.63. The predicted molar refractivity (Wildman–Crippen MR) is 68.5 cm³/mol. The van der Waals surface area contributed by atoms with Crippen LogP contribution in [0.4, 0.5) is 0 Å². The smallest absolute Gasteiger partial charge is 0.0959 e. The van der Waals surface area contributed by atoms with E-state index in [0.717, 1.165) is 5.56 Å². The second-order valence-corrected chi connectivity index (χ2v) is 4.68. The maximum Gasteiger partial charge on any atom is 0.0959 e. The van der Waals surface area contributed by atoms with Gasteiger partial charge in [0.1, 0.15) is 0 Å². The second-order valence-electron chi connectivity index (χ2n) is 3.65. The average molecular weight is 243 g/mol. The molecule has 0 saturated heterocycles. The highest BCUT2D eigenvalue weighted by Crippen LogP contribution is 2.23. The monoisotopic (exact) mass is 243 g/mol. The molecule has 0 radical (unpaired) electrons. The van der Waals surface area contributed by atoms with Crippen LogP contribution in [0.1, 0.15) is 23.0 Å². The molecule has 0 spiro atoms. The van der Waals surface area contributed by atoms with Crippen LogP contribution in [0, 0.1) is 11.3 Å². The number of benzene rings is 1. The van der Waals surface area contributed by atoms with E-state index in [2.05, 4.69) is 6.07 Å². The molecule has 0 aliphatic rings. The van der Waals surface area contributed by atoms with Crippen LogP contribution in [0.25, 0.3) is 0 Å². The fourth-order valence-corrected chi connectivity index (χ4v) is 2.23. The minimum absolute atomic E-state index is 0.136. The first-order chi connectivity index (χ1) is 8.40. The Morgan fingerprint density at radius 2 is 2.00 bits per heavy atom. The van der Waals surface area contributed by atoms with Crippen molar-refractivity contribution in [2.45, 2.75) is 19.1 Å². The zero-order valence-corrected chi connectivity index (χ0v) is 10.2. The van der Waals surface area contributed by atoms with E-state index in [9.17, 15) is 0 Å². The number of rotatable bonds is 5. The van der Waals surface area contributed by atoms with E-state index >= 15 is 0 Å². The van der Waals surface area contributed by atoms with Crippen molar-refractivity contribution in [1.29, 1.82) is 5.26 Å². The molecular formula is C14H13NOS. The highest BCUT2D eigenvalue weighted by atomic mass is 32.1. The van der Waals surface area contributed by atoms with Gasteiger partial charge in [0.15, 0.2) is 0 Å². The Balaban J connectivity index is 2.01. The Bertz CT molecular complexity index is 473. The van der Waals surface area contributed by atoms with Crippen LogP contribution in [-0.4, -0.2) is 0 Å². The molecule has 17 heavy (non-hydrogen) atoms. The first-order valence-electron chi connectivity index (χ1n) is 5.46. The molecule has 0 saturated carbocycles. The van der Waals surface area contributed by atoms with E-state index in [1.54, 1.807) is 11.3 Å². The third-order valence-corrected chi connectivity index (χ3v) is 3.30. The molecular weight excluding hydrogens is 230 g/mol. The zero-order chi connectivity index (χ0) is 11.9. The van der Waals surface area contributed by atoms with Crippen molar-refractivity contribution in [2.75, 3.05) is 0 Å². The van der Waals surface area contributed by atoms with E-state index in [-0.39, 0.29) is 6.10 Å². The van der Waals surface area contributed by atoms with E-state index in [1.807, 2.05) is 47.8 Å². The minimum Gasteiger partial charge on any atom is -0.367 e. The molecule has 1 atom stereocenters. The maximum atomic E-state index is 8.83. The number of nitriles is 1. The van der Waals surface area contributed by atoms with Gasteiger partial charge in [0.2, 0.25) is 0 Å². The summed E-state index contributed by atoms with van der Waals surface area (Å²) in [6.45, 7) is 0.568. The zero-order valence-electron chi connectivity index (χ0n) is 9.37. The molecule has 0 amide bonds. The van der Waals surface area contributed by atoms with E-state index in [4.69, 9.17) is 10.00 Å². The van der Waals surface area contributed by atoms with Gasteiger partial charge in [0.25, 0.3) is 0 Å². The Morgan fingerprint density at radius 1 is 1.18 bits per heavy atom. The summed E-state index contributed by atoms with van der Waals surface area (Å²) in [5.41, 5.74) is 1.06. The van der Waals surface area contributed by atoms with Crippen molar-refractivity contribution >= 4 is 11.3 Å². The van der Waals surface area contributed by atoms with Crippen molar-refractivity contribution in [3.8, 4) is 6.07 Å². The number of hydrogen-bond donors (Lipinski definition) is 0. The van der Waals surface area contributed by atoms with Gasteiger partial charge in [-0.3, -0.25) is 0 Å². The quantitative estimate of drug-likeness (QED) is 0.797. The van der Waals surface area contributed by atoms with Gasteiger partial charge >= 0.3 is 0 Å². The van der Waals surface area contributed by atoms with Gasteiger partial charge in [0, 0.05) is 4.88 Å². The molecule has 1 heterocycles. The van der Waals surface area contributed by atoms with Gasteiger partial charge in [-0.05, 0) is 17.0 Å². The number of hydrogen-bond acceptors (Lipinski definition) is 3. The number of ether oxygens (including phenoxy) is 1. The van der Waals surface area contributed by atoms with E-state index < -0.39 is 0 Å². The lowest BCUT2D eigenvalue weighted by Gasteiger charge is -2.14. The SMILES string of the molecule is N#CCC(OCc1cccs1)c1ccccc1. The third-order valence-electron chi connectivity index (χ3n) is 2.45. The molecule has 1 aromatic carbocycles. The van der Waals surface area contributed by atoms with Crippen LogP contribution in [0.2, 0.25) is 0 Å². The summed E-state index contributed by atoms with van der Waals surface area (Å²) in [6.07, 6.45) is 0.248. The van der Waals surface area contributed by atoms with Crippen molar-refractivity contribution in [3.63, 3.8) is 0 Å². The second kappa shape index (κ2) is 6.19. The summed E-state index contributed by atoms with van der Waals surface area (Å²) in [5.74, 6) is 0. The normalized spacial score (nSPS) is 11.9. The standard InChI is InChI=1S/C14H13NOS/c15-9-8-14(12-5-2-1-3-6-12)16-11-13-7-4-10-17-13/h1-7,10,14H,8,11H2. The lowest BCUT2D eigenvalue weighted by Crippen LogP contribution is -2.03. The van der Waals surface area contributed by atoms with Gasteiger partial charge in [0.05, 0.1) is 25.2 Å². The van der Waals surface area contributed by atoms with Gasteiger partial charge in [-0.1, -0.05) is 36.4 Å². The summed E-state index contributed by atoms with van der Waals surface area (Å²) < 4.78 is 5.80. The van der Waals surface area contributed by atoms with Crippen LogP contribution in [0.3, 0.4) is 0 Å². The molecule has 0 aliphatic carbocycles. The predicted octanol–water partition coefficient (Wildman–Crippen LogP) is 3.92. The molecule has 2 rings (SSSR count). The number of nitrogens with zero attached hydrogens (tertiary/aromatic N) is 1. The van der Waals surface area contributed by atoms with Crippen LogP contribution < -0.4 is 0 Å². The van der Waals surface area contributed by atoms with E-state index in [1.165, 1.54) is 4.88 Å². The summed E-state index contributed by atoms with van der Waals surface area (Å²) in [6, 6.07) is 16.1. The fourth-order valence-electron chi connectivity index (χ4n) is 1.60. The molecule has 1 unspecified atom stereocenters. The van der Waals surface area contributed by atoms with Crippen LogP contribution >= 0.6 is 11.3 Å². The van der Waals surface area contributed by atoms with Crippen molar-refractivity contribution in [3.05, 3.63) is 58.3 Å². The van der Waals surface area contributed by atoms with Crippen molar-refractivity contribution in [2.24, 2.45) is 0 Å². The molecule has 2 nitrogen and oxygen atoms in total. The Morgan fingerprint density at radius 3 is 2.65 bits per heavy atom. The highest BCUT2D eigenvalue weighted by molar-refractivity contribution is 7.09. The van der Waals surface area contributed by atoms with Gasteiger partial charge in [-0.2, -0.15) is 5.26 Å². The molecule has 0 bridgehead atoms. The lowest BCUT2D eigenvalue weighted by atomic mass is 10.1. The minimum atomic E-state index is -0.136. The molecule has 0 N–H and O–H groups in total. The van der Waals surface area contributed by atoms with Crippen molar-refractivity contribution in [1.82, 2.24) is 0 Å². The molecule has 0 aliphatic heterocycles. The first-order valence-corrected chi connectivity index (χ1v) is 6.34. The maximum absolute atomic E-state index is 8.83. The molecule has 86 valence electrons. The van der Waals surface area contributed by atoms with Gasteiger partial charge < -0.3 is 4.74 Å². The Labute approximate surface area is 105 Å². The summed E-state index contributed by atoms with van der Waals surface area (Å²) in [5, 5.41) is 10.9. The van der Waals surface area contributed by atoms with E-state index in [0.29, 0.717) is 13.0 Å². The van der Waals surface area contributed by atoms with Crippen molar-refractivity contribution < 1.29 is 4.74 Å². The molecule has 3 heteroatoms. The summed E-state index contributed by atoms with van der Waals surface area (Å²) >= 11 is 1.67.